The minimum absolute atomic E-state index is 0.0224. The molecule has 42 valence electrons. The van der Waals surface area contributed by atoms with Crippen LogP contribution >= 0.6 is 11.6 Å². The summed E-state index contributed by atoms with van der Waals surface area (Å²) in [7, 11) is -0.0224. The first-order valence-corrected chi connectivity index (χ1v) is 4.82. The Morgan fingerprint density at radius 3 is 2.43 bits per heavy atom. The molecule has 7 heavy (non-hydrogen) atoms. The van der Waals surface area contributed by atoms with Crippen molar-refractivity contribution in [1.82, 2.24) is 0 Å². The van der Waals surface area contributed by atoms with E-state index in [-0.39, 0.29) is 9.52 Å². The van der Waals surface area contributed by atoms with Crippen LogP contribution in [0.1, 0.15) is 13.8 Å². The first-order valence-electron chi connectivity index (χ1n) is 2.46. The van der Waals surface area contributed by atoms with Gasteiger partial charge >= 0.3 is 0 Å². The smallest absolute Gasteiger partial charge is 0.0621 e. The number of hydrogen-bond acceptors (Lipinski definition) is 0. The topological polar surface area (TPSA) is 0 Å². The van der Waals surface area contributed by atoms with Gasteiger partial charge in [-0.2, -0.15) is 0 Å². The Hall–Kier alpha value is 0.247. The SMILES string of the molecule is CC(C)=C[SiH2]CCl. The molecule has 0 fully saturated rings. The highest BCUT2D eigenvalue weighted by Gasteiger charge is 1.76. The van der Waals surface area contributed by atoms with Crippen LogP contribution in [0, 0.1) is 0 Å². The molecule has 0 saturated carbocycles. The highest BCUT2D eigenvalue weighted by Crippen LogP contribution is 1.85. The van der Waals surface area contributed by atoms with Gasteiger partial charge in [0.05, 0.1) is 9.52 Å². The first kappa shape index (κ1) is 7.25. The summed E-state index contributed by atoms with van der Waals surface area (Å²) in [5, 5.41) is 0. The molecule has 0 saturated heterocycles. The molecule has 0 aromatic carbocycles. The second-order valence-corrected chi connectivity index (χ2v) is 4.26. The van der Waals surface area contributed by atoms with Gasteiger partial charge in [-0.25, -0.2) is 0 Å². The maximum atomic E-state index is 5.46. The van der Waals surface area contributed by atoms with Gasteiger partial charge in [0.2, 0.25) is 0 Å². The van der Waals surface area contributed by atoms with Crippen LogP contribution in [0.4, 0.5) is 0 Å². The summed E-state index contributed by atoms with van der Waals surface area (Å²) in [6.45, 7) is 4.22. The fourth-order valence-corrected chi connectivity index (χ4v) is 1.36. The summed E-state index contributed by atoms with van der Waals surface area (Å²) in [4.78, 5) is 0. The van der Waals surface area contributed by atoms with Crippen LogP contribution in [-0.4, -0.2) is 15.0 Å². The third-order valence-electron chi connectivity index (χ3n) is 0.662. The highest BCUT2D eigenvalue weighted by molar-refractivity contribution is 6.54. The van der Waals surface area contributed by atoms with Crippen molar-refractivity contribution in [2.45, 2.75) is 13.8 Å². The lowest BCUT2D eigenvalue weighted by atomic mass is 10.4. The largest absolute Gasteiger partial charge is 0.130 e. The van der Waals surface area contributed by atoms with Gasteiger partial charge in [-0.1, -0.05) is 5.57 Å². The molecular weight excluding hydrogens is 124 g/mol. The Bertz CT molecular complexity index is 64.5. The fourth-order valence-electron chi connectivity index (χ4n) is 0.343. The van der Waals surface area contributed by atoms with Crippen LogP contribution in [0.2, 0.25) is 0 Å². The summed E-state index contributed by atoms with van der Waals surface area (Å²) in [5.74, 6) is 0. The number of rotatable bonds is 2. The molecule has 0 aromatic heterocycles. The molecule has 0 amide bonds. The summed E-state index contributed by atoms with van der Waals surface area (Å²) in [6, 6.07) is 0. The second kappa shape index (κ2) is 4.41. The summed E-state index contributed by atoms with van der Waals surface area (Å²) in [5.41, 5.74) is 4.56. The standard InChI is InChI=1S/C5H11ClSi/c1-5(2)3-7-4-6/h3H,4,7H2,1-2H3. The van der Waals surface area contributed by atoms with Gasteiger partial charge in [0.25, 0.3) is 0 Å². The third-order valence-corrected chi connectivity index (χ3v) is 2.64. The van der Waals surface area contributed by atoms with Gasteiger partial charge in [-0.3, -0.25) is 0 Å². The number of hydrogen-bond donors (Lipinski definition) is 0. The van der Waals surface area contributed by atoms with Crippen molar-refractivity contribution in [3.8, 4) is 0 Å². The van der Waals surface area contributed by atoms with E-state index in [0.29, 0.717) is 0 Å². The van der Waals surface area contributed by atoms with E-state index in [1.165, 1.54) is 5.57 Å². The quantitative estimate of drug-likeness (QED) is 0.394. The summed E-state index contributed by atoms with van der Waals surface area (Å²) in [6.07, 6.45) is 0. The monoisotopic (exact) mass is 134 g/mol. The molecule has 0 spiro atoms. The number of allylic oxidation sites excluding steroid dienone is 1. The normalized spacial score (nSPS) is 10.1. The van der Waals surface area contributed by atoms with Crippen LogP contribution in [0.15, 0.2) is 11.3 Å². The molecule has 2 heteroatoms. The zero-order chi connectivity index (χ0) is 5.70. The maximum absolute atomic E-state index is 5.46. The molecular formula is C5H11ClSi. The van der Waals surface area contributed by atoms with E-state index < -0.39 is 0 Å². The average molecular weight is 135 g/mol. The Balaban J connectivity index is 3.08. The molecule has 0 bridgehead atoms. The molecule has 0 unspecified atom stereocenters. The maximum Gasteiger partial charge on any atom is 0.0621 e. The fraction of sp³-hybridized carbons (Fsp3) is 0.600. The van der Waals surface area contributed by atoms with Crippen LogP contribution in [-0.2, 0) is 0 Å². The predicted molar refractivity (Wildman–Crippen MR) is 38.7 cm³/mol. The van der Waals surface area contributed by atoms with Crippen molar-refractivity contribution in [1.29, 1.82) is 0 Å². The lowest BCUT2D eigenvalue weighted by molar-refractivity contribution is 1.41. The Labute approximate surface area is 52.4 Å². The van der Waals surface area contributed by atoms with Gasteiger partial charge in [-0.05, 0) is 13.8 Å². The molecule has 0 aliphatic carbocycles. The molecule has 0 nitrogen and oxygen atoms in total. The van der Waals surface area contributed by atoms with Crippen LogP contribution in [0.25, 0.3) is 0 Å². The van der Waals surface area contributed by atoms with Crippen LogP contribution in [0.5, 0.6) is 0 Å². The molecule has 0 heterocycles. The molecule has 0 aliphatic rings. The van der Waals surface area contributed by atoms with Crippen molar-refractivity contribution < 1.29 is 0 Å². The zero-order valence-electron chi connectivity index (χ0n) is 4.87. The van der Waals surface area contributed by atoms with Crippen LogP contribution in [0.3, 0.4) is 0 Å². The van der Waals surface area contributed by atoms with Gasteiger partial charge in [0.1, 0.15) is 0 Å². The van der Waals surface area contributed by atoms with Gasteiger partial charge in [0, 0.05) is 5.50 Å². The minimum atomic E-state index is -0.0224. The first-order chi connectivity index (χ1) is 3.27. The predicted octanol–water partition coefficient (Wildman–Crippen LogP) is 1.28. The van der Waals surface area contributed by atoms with Crippen molar-refractivity contribution in [2.24, 2.45) is 0 Å². The Morgan fingerprint density at radius 2 is 2.29 bits per heavy atom. The van der Waals surface area contributed by atoms with Crippen molar-refractivity contribution in [3.63, 3.8) is 0 Å². The van der Waals surface area contributed by atoms with Gasteiger partial charge in [0.15, 0.2) is 0 Å². The van der Waals surface area contributed by atoms with Gasteiger partial charge < -0.3 is 0 Å². The Kier molecular flexibility index (Phi) is 4.56. The van der Waals surface area contributed by atoms with Crippen molar-refractivity contribution in [3.05, 3.63) is 11.3 Å². The highest BCUT2D eigenvalue weighted by atomic mass is 35.5. The molecule has 0 aliphatic heterocycles. The van der Waals surface area contributed by atoms with E-state index in [4.69, 9.17) is 11.6 Å². The van der Waals surface area contributed by atoms with Crippen molar-refractivity contribution >= 4 is 21.1 Å². The van der Waals surface area contributed by atoms with Crippen molar-refractivity contribution in [2.75, 3.05) is 5.50 Å². The van der Waals surface area contributed by atoms with E-state index in [9.17, 15) is 0 Å². The van der Waals surface area contributed by atoms with E-state index in [1.807, 2.05) is 0 Å². The molecule has 0 atom stereocenters. The summed E-state index contributed by atoms with van der Waals surface area (Å²) < 4.78 is 0. The van der Waals surface area contributed by atoms with E-state index in [2.05, 4.69) is 19.5 Å². The van der Waals surface area contributed by atoms with E-state index in [1.54, 1.807) is 0 Å². The zero-order valence-corrected chi connectivity index (χ0v) is 7.04. The van der Waals surface area contributed by atoms with Gasteiger partial charge in [-0.15, -0.1) is 17.3 Å². The molecule has 0 aromatic rings. The lowest BCUT2D eigenvalue weighted by Crippen LogP contribution is -1.85. The second-order valence-electron chi connectivity index (χ2n) is 1.76. The number of halogens is 1. The van der Waals surface area contributed by atoms with E-state index in [0.717, 1.165) is 5.50 Å². The molecule has 0 radical (unpaired) electrons. The molecule has 0 N–H and O–H groups in total. The average Bonchev–Trinajstić information content (AvgIpc) is 1.61. The summed E-state index contributed by atoms with van der Waals surface area (Å²) >= 11 is 5.46. The minimum Gasteiger partial charge on any atom is -0.130 e. The lowest BCUT2D eigenvalue weighted by Gasteiger charge is -1.83. The van der Waals surface area contributed by atoms with E-state index >= 15 is 0 Å². The molecule has 0 rings (SSSR count). The van der Waals surface area contributed by atoms with Crippen LogP contribution < -0.4 is 0 Å². The number of alkyl halides is 1. The third kappa shape index (κ3) is 6.25. The Morgan fingerprint density at radius 1 is 1.71 bits per heavy atom.